The zero-order valence-corrected chi connectivity index (χ0v) is 21.0. The molecule has 0 aliphatic carbocycles. The number of nitrogens with zero attached hydrogens (tertiary/aromatic N) is 1. The number of aromatic nitrogens is 1. The van der Waals surface area contributed by atoms with Gasteiger partial charge in [0.15, 0.2) is 0 Å². The van der Waals surface area contributed by atoms with Crippen LogP contribution in [0.5, 0.6) is 23.0 Å². The Balaban J connectivity index is 1.90. The summed E-state index contributed by atoms with van der Waals surface area (Å²) in [5.41, 5.74) is 5.87. The molecule has 0 unspecified atom stereocenters. The van der Waals surface area contributed by atoms with E-state index in [9.17, 15) is 0 Å². The zero-order valence-electron chi connectivity index (χ0n) is 21.0. The zero-order chi connectivity index (χ0) is 24.6. The van der Waals surface area contributed by atoms with Crippen LogP contribution in [0.25, 0.3) is 17.8 Å². The van der Waals surface area contributed by atoms with E-state index in [4.69, 9.17) is 9.47 Å². The second kappa shape index (κ2) is 11.4. The lowest BCUT2D eigenvalue weighted by Gasteiger charge is -2.16. The van der Waals surface area contributed by atoms with Crippen LogP contribution in [0, 0.1) is 13.8 Å². The first-order chi connectivity index (χ1) is 17.1. The first-order valence-electron chi connectivity index (χ1n) is 12.3. The molecule has 0 aliphatic heterocycles. The molecule has 0 aliphatic rings. The highest BCUT2D eigenvalue weighted by atomic mass is 16.5. The van der Waals surface area contributed by atoms with Gasteiger partial charge in [-0.15, -0.1) is 0 Å². The maximum atomic E-state index is 6.27. The Morgan fingerprint density at radius 2 is 1.03 bits per heavy atom. The van der Waals surface area contributed by atoms with E-state index in [-0.39, 0.29) is 0 Å². The number of para-hydroxylation sites is 2. The van der Waals surface area contributed by atoms with E-state index >= 15 is 0 Å². The van der Waals surface area contributed by atoms with Crippen LogP contribution in [0.2, 0.25) is 0 Å². The SMILES string of the molecule is CC/C=C\c1c(C)c(C)c(/C=C\CC)n1-c1cc(Oc2ccccc2)cc(Oc2ccccc2)c1. The van der Waals surface area contributed by atoms with Gasteiger partial charge >= 0.3 is 0 Å². The molecule has 0 saturated heterocycles. The van der Waals surface area contributed by atoms with Crippen molar-refractivity contribution in [2.45, 2.75) is 40.5 Å². The van der Waals surface area contributed by atoms with Gasteiger partial charge in [-0.3, -0.25) is 0 Å². The van der Waals surface area contributed by atoms with Gasteiger partial charge in [0.2, 0.25) is 0 Å². The van der Waals surface area contributed by atoms with E-state index in [2.05, 4.69) is 68.7 Å². The van der Waals surface area contributed by atoms with Gasteiger partial charge in [0.25, 0.3) is 0 Å². The van der Waals surface area contributed by atoms with Crippen LogP contribution in [0.3, 0.4) is 0 Å². The molecular weight excluding hydrogens is 430 g/mol. The minimum Gasteiger partial charge on any atom is -0.457 e. The van der Waals surface area contributed by atoms with Crippen molar-refractivity contribution in [3.8, 4) is 28.7 Å². The van der Waals surface area contributed by atoms with Crippen molar-refractivity contribution in [1.29, 1.82) is 0 Å². The summed E-state index contributed by atoms with van der Waals surface area (Å²) in [6, 6.07) is 25.8. The molecule has 0 radical (unpaired) electrons. The van der Waals surface area contributed by atoms with Gasteiger partial charge < -0.3 is 14.0 Å². The lowest BCUT2D eigenvalue weighted by atomic mass is 10.1. The third-order valence-electron chi connectivity index (χ3n) is 5.92. The summed E-state index contributed by atoms with van der Waals surface area (Å²) < 4.78 is 14.8. The second-order valence-electron chi connectivity index (χ2n) is 8.47. The normalized spacial score (nSPS) is 11.4. The largest absolute Gasteiger partial charge is 0.457 e. The standard InChI is InChI=1S/C32H33NO2/c1-5-7-19-31-24(3)25(4)32(20-8-6-2)33(31)26-21-29(34-27-15-11-9-12-16-27)23-30(22-26)35-28-17-13-10-14-18-28/h7-23H,5-6H2,1-4H3/b19-7-,20-8-. The van der Waals surface area contributed by atoms with Gasteiger partial charge in [-0.1, -0.05) is 62.4 Å². The molecule has 4 aromatic rings. The molecule has 0 fully saturated rings. The van der Waals surface area contributed by atoms with Gasteiger partial charge in [0.05, 0.1) is 5.69 Å². The van der Waals surface area contributed by atoms with Crippen molar-refractivity contribution in [3.05, 3.63) is 114 Å². The van der Waals surface area contributed by atoms with Gasteiger partial charge in [0.1, 0.15) is 23.0 Å². The molecule has 3 heteroatoms. The maximum Gasteiger partial charge on any atom is 0.133 e. The number of hydrogen-bond acceptors (Lipinski definition) is 2. The molecule has 0 saturated carbocycles. The van der Waals surface area contributed by atoms with Gasteiger partial charge in [-0.2, -0.15) is 0 Å². The van der Waals surface area contributed by atoms with Crippen LogP contribution in [0.1, 0.15) is 49.2 Å². The third kappa shape index (κ3) is 5.75. The highest BCUT2D eigenvalue weighted by Crippen LogP contribution is 2.35. The highest BCUT2D eigenvalue weighted by molar-refractivity contribution is 5.67. The first kappa shape index (κ1) is 24.2. The highest BCUT2D eigenvalue weighted by Gasteiger charge is 2.17. The van der Waals surface area contributed by atoms with Gasteiger partial charge in [-0.25, -0.2) is 0 Å². The smallest absolute Gasteiger partial charge is 0.133 e. The topological polar surface area (TPSA) is 23.4 Å². The Hall–Kier alpha value is -3.98. The fraction of sp³-hybridized carbons (Fsp3) is 0.188. The number of ether oxygens (including phenoxy) is 2. The van der Waals surface area contributed by atoms with Crippen LogP contribution in [-0.2, 0) is 0 Å². The molecule has 0 bridgehead atoms. The summed E-state index contributed by atoms with van der Waals surface area (Å²) in [7, 11) is 0. The summed E-state index contributed by atoms with van der Waals surface area (Å²) in [6.07, 6.45) is 10.8. The van der Waals surface area contributed by atoms with Gasteiger partial charge in [0, 0.05) is 29.6 Å². The Morgan fingerprint density at radius 3 is 1.43 bits per heavy atom. The van der Waals surface area contributed by atoms with E-state index in [0.29, 0.717) is 0 Å². The minimum absolute atomic E-state index is 0.722. The molecular formula is C32H33NO2. The van der Waals surface area contributed by atoms with Crippen molar-refractivity contribution in [1.82, 2.24) is 4.57 Å². The number of hydrogen-bond donors (Lipinski definition) is 0. The van der Waals surface area contributed by atoms with Crippen LogP contribution in [0.4, 0.5) is 0 Å². The lowest BCUT2D eigenvalue weighted by Crippen LogP contribution is -2.01. The monoisotopic (exact) mass is 463 g/mol. The summed E-state index contributed by atoms with van der Waals surface area (Å²) in [4.78, 5) is 0. The van der Waals surface area contributed by atoms with Crippen LogP contribution in [-0.4, -0.2) is 4.57 Å². The van der Waals surface area contributed by atoms with Crippen molar-refractivity contribution in [2.75, 3.05) is 0 Å². The first-order valence-corrected chi connectivity index (χ1v) is 12.3. The Labute approximate surface area is 209 Å². The molecule has 178 valence electrons. The molecule has 3 nitrogen and oxygen atoms in total. The van der Waals surface area contributed by atoms with E-state index in [1.54, 1.807) is 0 Å². The lowest BCUT2D eigenvalue weighted by molar-refractivity contribution is 0.460. The minimum atomic E-state index is 0.722. The molecule has 35 heavy (non-hydrogen) atoms. The summed E-state index contributed by atoms with van der Waals surface area (Å²) in [6.45, 7) is 8.69. The molecule has 0 atom stereocenters. The average molecular weight is 464 g/mol. The molecule has 4 rings (SSSR count). The average Bonchev–Trinajstić information content (AvgIpc) is 3.11. The van der Waals surface area contributed by atoms with Crippen molar-refractivity contribution < 1.29 is 9.47 Å². The molecule has 0 spiro atoms. The fourth-order valence-electron chi connectivity index (χ4n) is 4.04. The van der Waals surface area contributed by atoms with Crippen LogP contribution in [0.15, 0.2) is 91.0 Å². The number of rotatable bonds is 9. The second-order valence-corrected chi connectivity index (χ2v) is 8.47. The maximum absolute atomic E-state index is 6.27. The van der Waals surface area contributed by atoms with Crippen molar-refractivity contribution in [2.24, 2.45) is 0 Å². The van der Waals surface area contributed by atoms with E-state index in [1.807, 2.05) is 66.7 Å². The third-order valence-corrected chi connectivity index (χ3v) is 5.92. The van der Waals surface area contributed by atoms with E-state index < -0.39 is 0 Å². The van der Waals surface area contributed by atoms with Crippen LogP contribution >= 0.6 is 0 Å². The predicted molar refractivity (Wildman–Crippen MR) is 147 cm³/mol. The Morgan fingerprint density at radius 1 is 0.600 bits per heavy atom. The number of benzene rings is 3. The number of allylic oxidation sites excluding steroid dienone is 2. The quantitative estimate of drug-likeness (QED) is 0.247. The van der Waals surface area contributed by atoms with Crippen LogP contribution < -0.4 is 9.47 Å². The van der Waals surface area contributed by atoms with E-state index in [1.165, 1.54) is 22.5 Å². The Kier molecular flexibility index (Phi) is 7.89. The predicted octanol–water partition coefficient (Wildman–Crippen LogP) is 9.53. The fourth-order valence-corrected chi connectivity index (χ4v) is 4.04. The molecule has 1 aromatic heterocycles. The van der Waals surface area contributed by atoms with E-state index in [0.717, 1.165) is 41.5 Å². The molecule has 0 N–H and O–H groups in total. The molecule has 0 amide bonds. The van der Waals surface area contributed by atoms with Gasteiger partial charge in [-0.05, 0) is 74.2 Å². The Bertz CT molecular complexity index is 1220. The van der Waals surface area contributed by atoms with Crippen molar-refractivity contribution in [3.63, 3.8) is 0 Å². The van der Waals surface area contributed by atoms with Crippen molar-refractivity contribution >= 4 is 12.2 Å². The molecule has 1 heterocycles. The summed E-state index contributed by atoms with van der Waals surface area (Å²) in [5, 5.41) is 0. The molecule has 3 aromatic carbocycles. The summed E-state index contributed by atoms with van der Waals surface area (Å²) in [5.74, 6) is 3.01. The summed E-state index contributed by atoms with van der Waals surface area (Å²) >= 11 is 0.